The molecule has 94 valence electrons. The van der Waals surface area contributed by atoms with Crippen molar-refractivity contribution in [2.24, 2.45) is 0 Å². The zero-order chi connectivity index (χ0) is 11.4. The monoisotopic (exact) mass is 225 g/mol. The first-order valence-electron chi connectivity index (χ1n) is 6.95. The first-order chi connectivity index (χ1) is 7.79. The average Bonchev–Trinajstić information content (AvgIpc) is 2.31. The van der Waals surface area contributed by atoms with Gasteiger partial charge in [0.1, 0.15) is 0 Å². The Morgan fingerprint density at radius 3 is 2.56 bits per heavy atom. The van der Waals surface area contributed by atoms with E-state index in [9.17, 15) is 0 Å². The van der Waals surface area contributed by atoms with Crippen LogP contribution in [-0.2, 0) is 0 Å². The molecule has 16 heavy (non-hydrogen) atoms. The molecular weight excluding hydrogens is 198 g/mol. The zero-order valence-electron chi connectivity index (χ0n) is 10.9. The van der Waals surface area contributed by atoms with Crippen LogP contribution in [0.15, 0.2) is 0 Å². The second-order valence-corrected chi connectivity index (χ2v) is 5.43. The lowest BCUT2D eigenvalue weighted by Crippen LogP contribution is -2.52. The predicted molar refractivity (Wildman–Crippen MR) is 68.8 cm³/mol. The van der Waals surface area contributed by atoms with E-state index in [0.717, 1.165) is 18.6 Å². The van der Waals surface area contributed by atoms with Crippen molar-refractivity contribution < 1.29 is 0 Å². The molecule has 2 rings (SSSR count). The Balaban J connectivity index is 1.80. The molecule has 2 aliphatic heterocycles. The molecule has 0 saturated carbocycles. The van der Waals surface area contributed by atoms with E-state index in [0.29, 0.717) is 0 Å². The van der Waals surface area contributed by atoms with Crippen LogP contribution in [0.25, 0.3) is 0 Å². The van der Waals surface area contributed by atoms with E-state index < -0.39 is 0 Å². The fourth-order valence-electron chi connectivity index (χ4n) is 3.15. The van der Waals surface area contributed by atoms with Gasteiger partial charge in [-0.1, -0.05) is 6.92 Å². The molecule has 0 aromatic heterocycles. The second kappa shape index (κ2) is 5.99. The predicted octanol–water partition coefficient (Wildman–Crippen LogP) is 1.15. The van der Waals surface area contributed by atoms with Crippen LogP contribution in [0.2, 0.25) is 0 Å². The average molecular weight is 225 g/mol. The number of hydrogen-bond acceptors (Lipinski definition) is 3. The number of likely N-dealkylation sites (N-methyl/N-ethyl adjacent to an activating group) is 1. The molecule has 2 saturated heterocycles. The topological polar surface area (TPSA) is 18.5 Å². The highest BCUT2D eigenvalue weighted by Gasteiger charge is 2.27. The summed E-state index contributed by atoms with van der Waals surface area (Å²) < 4.78 is 0. The van der Waals surface area contributed by atoms with Crippen LogP contribution in [0.5, 0.6) is 0 Å². The molecule has 0 aromatic carbocycles. The lowest BCUT2D eigenvalue weighted by atomic mass is 9.98. The third-order valence-corrected chi connectivity index (χ3v) is 4.15. The molecule has 1 unspecified atom stereocenters. The molecule has 2 heterocycles. The van der Waals surface area contributed by atoms with Crippen molar-refractivity contribution in [3.63, 3.8) is 0 Å². The zero-order valence-corrected chi connectivity index (χ0v) is 10.9. The van der Waals surface area contributed by atoms with Crippen molar-refractivity contribution in [2.45, 2.75) is 44.7 Å². The number of hydrogen-bond donors (Lipinski definition) is 1. The Morgan fingerprint density at radius 2 is 1.88 bits per heavy atom. The fraction of sp³-hybridized carbons (Fsp3) is 1.00. The standard InChI is InChI=1S/C13H27N3/c1-3-14-12-5-4-8-16(11-12)13-6-9-15(2)10-7-13/h12-14H,3-11H2,1-2H3. The van der Waals surface area contributed by atoms with Crippen molar-refractivity contribution in [3.05, 3.63) is 0 Å². The largest absolute Gasteiger partial charge is 0.313 e. The fourth-order valence-corrected chi connectivity index (χ4v) is 3.15. The molecule has 2 aliphatic rings. The van der Waals surface area contributed by atoms with Crippen molar-refractivity contribution in [3.8, 4) is 0 Å². The summed E-state index contributed by atoms with van der Waals surface area (Å²) in [6.45, 7) is 8.51. The Labute approximate surface area is 100 Å². The van der Waals surface area contributed by atoms with E-state index in [1.807, 2.05) is 0 Å². The van der Waals surface area contributed by atoms with E-state index >= 15 is 0 Å². The summed E-state index contributed by atoms with van der Waals surface area (Å²) in [5, 5.41) is 3.61. The summed E-state index contributed by atoms with van der Waals surface area (Å²) in [4.78, 5) is 5.20. The molecule has 2 fully saturated rings. The Bertz CT molecular complexity index is 197. The first kappa shape index (κ1) is 12.3. The van der Waals surface area contributed by atoms with E-state index in [2.05, 4.69) is 29.1 Å². The number of rotatable bonds is 3. The van der Waals surface area contributed by atoms with Gasteiger partial charge in [0.2, 0.25) is 0 Å². The third-order valence-electron chi connectivity index (χ3n) is 4.15. The van der Waals surface area contributed by atoms with Gasteiger partial charge < -0.3 is 10.2 Å². The van der Waals surface area contributed by atoms with E-state index in [1.54, 1.807) is 0 Å². The van der Waals surface area contributed by atoms with Gasteiger partial charge in [0.15, 0.2) is 0 Å². The molecule has 0 aromatic rings. The number of likely N-dealkylation sites (tertiary alicyclic amines) is 2. The number of nitrogens with zero attached hydrogens (tertiary/aromatic N) is 2. The van der Waals surface area contributed by atoms with Crippen LogP contribution in [-0.4, -0.2) is 61.7 Å². The maximum absolute atomic E-state index is 3.61. The molecule has 1 atom stereocenters. The molecule has 0 bridgehead atoms. The van der Waals surface area contributed by atoms with Crippen LogP contribution in [0.4, 0.5) is 0 Å². The van der Waals surface area contributed by atoms with Crippen molar-refractivity contribution >= 4 is 0 Å². The number of nitrogens with one attached hydrogen (secondary N) is 1. The van der Waals surface area contributed by atoms with Gasteiger partial charge in [-0.25, -0.2) is 0 Å². The van der Waals surface area contributed by atoms with E-state index in [-0.39, 0.29) is 0 Å². The Kier molecular flexibility index (Phi) is 4.62. The smallest absolute Gasteiger partial charge is 0.0195 e. The van der Waals surface area contributed by atoms with Gasteiger partial charge in [0.25, 0.3) is 0 Å². The summed E-state index contributed by atoms with van der Waals surface area (Å²) in [6, 6.07) is 1.61. The van der Waals surface area contributed by atoms with Gasteiger partial charge in [-0.2, -0.15) is 0 Å². The molecule has 0 amide bonds. The first-order valence-corrected chi connectivity index (χ1v) is 6.95. The van der Waals surface area contributed by atoms with Crippen molar-refractivity contribution in [1.82, 2.24) is 15.1 Å². The third kappa shape index (κ3) is 3.19. The maximum atomic E-state index is 3.61. The van der Waals surface area contributed by atoms with Gasteiger partial charge in [0, 0.05) is 18.6 Å². The van der Waals surface area contributed by atoms with Gasteiger partial charge in [0.05, 0.1) is 0 Å². The van der Waals surface area contributed by atoms with Crippen LogP contribution < -0.4 is 5.32 Å². The summed E-state index contributed by atoms with van der Waals surface area (Å²) in [6.07, 6.45) is 5.49. The number of piperidine rings is 2. The van der Waals surface area contributed by atoms with Gasteiger partial charge in [-0.3, -0.25) is 4.90 Å². The van der Waals surface area contributed by atoms with Crippen molar-refractivity contribution in [1.29, 1.82) is 0 Å². The van der Waals surface area contributed by atoms with Gasteiger partial charge in [-0.15, -0.1) is 0 Å². The lowest BCUT2D eigenvalue weighted by Gasteiger charge is -2.41. The lowest BCUT2D eigenvalue weighted by molar-refractivity contribution is 0.0884. The highest BCUT2D eigenvalue weighted by Crippen LogP contribution is 2.20. The van der Waals surface area contributed by atoms with Crippen molar-refractivity contribution in [2.75, 3.05) is 39.8 Å². The minimum atomic E-state index is 0.749. The van der Waals surface area contributed by atoms with Gasteiger partial charge >= 0.3 is 0 Å². The molecular formula is C13H27N3. The summed E-state index contributed by atoms with van der Waals surface area (Å²) >= 11 is 0. The van der Waals surface area contributed by atoms with E-state index in [1.165, 1.54) is 51.9 Å². The normalized spacial score (nSPS) is 30.8. The minimum absolute atomic E-state index is 0.749. The quantitative estimate of drug-likeness (QED) is 0.777. The SMILES string of the molecule is CCNC1CCCN(C2CCN(C)CC2)C1. The molecule has 3 heteroatoms. The highest BCUT2D eigenvalue weighted by molar-refractivity contribution is 4.85. The van der Waals surface area contributed by atoms with Crippen LogP contribution in [0.3, 0.4) is 0 Å². The summed E-state index contributed by atoms with van der Waals surface area (Å²) in [7, 11) is 2.24. The molecule has 3 nitrogen and oxygen atoms in total. The molecule has 0 spiro atoms. The maximum Gasteiger partial charge on any atom is 0.0195 e. The van der Waals surface area contributed by atoms with Crippen LogP contribution in [0.1, 0.15) is 32.6 Å². The summed E-state index contributed by atoms with van der Waals surface area (Å²) in [5.74, 6) is 0. The van der Waals surface area contributed by atoms with Crippen LogP contribution in [0, 0.1) is 0 Å². The highest BCUT2D eigenvalue weighted by atomic mass is 15.2. The second-order valence-electron chi connectivity index (χ2n) is 5.43. The van der Waals surface area contributed by atoms with E-state index in [4.69, 9.17) is 0 Å². The summed E-state index contributed by atoms with van der Waals surface area (Å²) in [5.41, 5.74) is 0. The Morgan fingerprint density at radius 1 is 1.12 bits per heavy atom. The Hall–Kier alpha value is -0.120. The molecule has 1 N–H and O–H groups in total. The minimum Gasteiger partial charge on any atom is -0.313 e. The molecule has 0 radical (unpaired) electrons. The van der Waals surface area contributed by atoms with Crippen LogP contribution >= 0.6 is 0 Å². The molecule has 0 aliphatic carbocycles. The van der Waals surface area contributed by atoms with Gasteiger partial charge in [-0.05, 0) is 58.9 Å².